The topological polar surface area (TPSA) is 81.8 Å². The number of aliphatic hydroxyl groups excluding tert-OH is 1. The number of hydrogen-bond acceptors (Lipinski definition) is 4. The molecule has 0 saturated heterocycles. The van der Waals surface area contributed by atoms with E-state index in [-0.39, 0.29) is 13.2 Å². The lowest BCUT2D eigenvalue weighted by Gasteiger charge is -2.02. The fourth-order valence-electron chi connectivity index (χ4n) is 0.559. The molecule has 0 radical (unpaired) electrons. The highest BCUT2D eigenvalue weighted by Crippen LogP contribution is 1.81. The van der Waals surface area contributed by atoms with Crippen LogP contribution in [0.4, 0.5) is 0 Å². The Hall–Kier alpha value is -0.650. The zero-order valence-electron chi connectivity index (χ0n) is 6.99. The Bertz CT molecular complexity index is 118. The van der Waals surface area contributed by atoms with Crippen molar-refractivity contribution in [3.8, 4) is 0 Å². The second-order valence-corrected chi connectivity index (χ2v) is 2.21. The largest absolute Gasteiger partial charge is 0.396 e. The number of primary amides is 1. The van der Waals surface area contributed by atoms with E-state index in [0.717, 1.165) is 0 Å². The van der Waals surface area contributed by atoms with Gasteiger partial charge >= 0.3 is 0 Å². The monoisotopic (exact) mass is 177 g/mol. The predicted octanol–water partition coefficient (Wildman–Crippen LogP) is -1.11. The van der Waals surface area contributed by atoms with Crippen LogP contribution in [0.1, 0.15) is 6.42 Å². The number of amides is 1. The molecule has 5 nitrogen and oxygen atoms in total. The van der Waals surface area contributed by atoms with Crippen LogP contribution in [0.2, 0.25) is 0 Å². The number of carbonyl (C=O) groups is 1. The molecular formula is C7H15NO4. The summed E-state index contributed by atoms with van der Waals surface area (Å²) in [6.45, 7) is 1.35. The second-order valence-electron chi connectivity index (χ2n) is 2.21. The van der Waals surface area contributed by atoms with Gasteiger partial charge in [0.05, 0.1) is 13.2 Å². The first kappa shape index (κ1) is 11.4. The summed E-state index contributed by atoms with van der Waals surface area (Å²) in [5.41, 5.74) is 4.82. The minimum absolute atomic E-state index is 0.0661. The van der Waals surface area contributed by atoms with Gasteiger partial charge in [0.2, 0.25) is 5.91 Å². The molecule has 0 aliphatic rings. The average Bonchev–Trinajstić information content (AvgIpc) is 2.02. The fraction of sp³-hybridized carbons (Fsp3) is 0.857. The van der Waals surface area contributed by atoms with Crippen LogP contribution < -0.4 is 5.73 Å². The van der Waals surface area contributed by atoms with Gasteiger partial charge in [0, 0.05) is 13.2 Å². The van der Waals surface area contributed by atoms with Crippen LogP contribution in [0.15, 0.2) is 0 Å². The van der Waals surface area contributed by atoms with Crippen molar-refractivity contribution in [1.29, 1.82) is 0 Å². The van der Waals surface area contributed by atoms with Crippen molar-refractivity contribution in [3.05, 3.63) is 0 Å². The Balaban J connectivity index is 2.86. The van der Waals surface area contributed by atoms with E-state index in [2.05, 4.69) is 0 Å². The van der Waals surface area contributed by atoms with E-state index in [1.165, 1.54) is 0 Å². The molecule has 0 aliphatic heterocycles. The minimum Gasteiger partial charge on any atom is -0.396 e. The first-order valence-corrected chi connectivity index (χ1v) is 3.82. The van der Waals surface area contributed by atoms with Gasteiger partial charge in [-0.1, -0.05) is 0 Å². The van der Waals surface area contributed by atoms with Gasteiger partial charge in [-0.05, 0) is 6.42 Å². The fourth-order valence-corrected chi connectivity index (χ4v) is 0.559. The van der Waals surface area contributed by atoms with E-state index in [9.17, 15) is 4.79 Å². The van der Waals surface area contributed by atoms with Crippen molar-refractivity contribution in [3.63, 3.8) is 0 Å². The van der Waals surface area contributed by atoms with Crippen LogP contribution in [-0.4, -0.2) is 44.0 Å². The van der Waals surface area contributed by atoms with E-state index >= 15 is 0 Å². The molecule has 0 unspecified atom stereocenters. The standard InChI is InChI=1S/C7H15NO4/c8-7(10)6-12-5-4-11-3-1-2-9/h9H,1-6H2,(H2,8,10). The average molecular weight is 177 g/mol. The predicted molar refractivity (Wildman–Crippen MR) is 42.5 cm³/mol. The Labute approximate surface area is 71.5 Å². The minimum atomic E-state index is -0.481. The summed E-state index contributed by atoms with van der Waals surface area (Å²) in [5, 5.41) is 8.37. The lowest BCUT2D eigenvalue weighted by Crippen LogP contribution is -2.19. The number of rotatable bonds is 8. The molecule has 0 spiro atoms. The summed E-state index contributed by atoms with van der Waals surface area (Å²) in [7, 11) is 0. The third-order valence-corrected chi connectivity index (χ3v) is 1.06. The molecule has 5 heteroatoms. The summed E-state index contributed by atoms with van der Waals surface area (Å²) >= 11 is 0. The maximum Gasteiger partial charge on any atom is 0.243 e. The SMILES string of the molecule is NC(=O)COCCOCCCO. The van der Waals surface area contributed by atoms with E-state index < -0.39 is 5.91 Å². The van der Waals surface area contributed by atoms with Crippen LogP contribution in [0, 0.1) is 0 Å². The van der Waals surface area contributed by atoms with Gasteiger partial charge in [-0.3, -0.25) is 4.79 Å². The van der Waals surface area contributed by atoms with Gasteiger partial charge < -0.3 is 20.3 Å². The van der Waals surface area contributed by atoms with Crippen LogP contribution in [0.25, 0.3) is 0 Å². The second kappa shape index (κ2) is 8.45. The first-order valence-electron chi connectivity index (χ1n) is 3.82. The van der Waals surface area contributed by atoms with Crippen molar-refractivity contribution in [2.75, 3.05) is 33.0 Å². The number of nitrogens with two attached hydrogens (primary N) is 1. The Kier molecular flexibility index (Phi) is 7.99. The summed E-state index contributed by atoms with van der Waals surface area (Å²) in [6.07, 6.45) is 0.621. The number of carbonyl (C=O) groups excluding carboxylic acids is 1. The zero-order valence-corrected chi connectivity index (χ0v) is 6.99. The zero-order chi connectivity index (χ0) is 9.23. The molecule has 0 aromatic rings. The number of hydrogen-bond donors (Lipinski definition) is 2. The molecule has 72 valence electrons. The van der Waals surface area contributed by atoms with Crippen molar-refractivity contribution < 1.29 is 19.4 Å². The lowest BCUT2D eigenvalue weighted by atomic mass is 10.5. The maximum absolute atomic E-state index is 10.2. The number of aliphatic hydroxyl groups is 1. The van der Waals surface area contributed by atoms with Gasteiger partial charge in [0.25, 0.3) is 0 Å². The molecule has 0 aromatic heterocycles. The van der Waals surface area contributed by atoms with Crippen LogP contribution in [0.5, 0.6) is 0 Å². The van der Waals surface area contributed by atoms with Crippen LogP contribution >= 0.6 is 0 Å². The van der Waals surface area contributed by atoms with E-state index in [0.29, 0.717) is 26.2 Å². The molecule has 0 rings (SSSR count). The third kappa shape index (κ3) is 9.35. The summed E-state index contributed by atoms with van der Waals surface area (Å²) in [6, 6.07) is 0. The summed E-state index contributed by atoms with van der Waals surface area (Å²) in [5.74, 6) is -0.481. The van der Waals surface area contributed by atoms with Gasteiger partial charge in [0.15, 0.2) is 0 Å². The van der Waals surface area contributed by atoms with Crippen LogP contribution in [0.3, 0.4) is 0 Å². The van der Waals surface area contributed by atoms with Gasteiger partial charge in [-0.15, -0.1) is 0 Å². The Morgan fingerprint density at radius 3 is 2.50 bits per heavy atom. The molecule has 0 bridgehead atoms. The van der Waals surface area contributed by atoms with Crippen molar-refractivity contribution in [1.82, 2.24) is 0 Å². The molecule has 0 atom stereocenters. The highest BCUT2D eigenvalue weighted by molar-refractivity contribution is 5.74. The normalized spacial score (nSPS) is 10.1. The highest BCUT2D eigenvalue weighted by Gasteiger charge is 1.93. The summed E-state index contributed by atoms with van der Waals surface area (Å²) < 4.78 is 9.83. The highest BCUT2D eigenvalue weighted by atomic mass is 16.5. The molecule has 0 aliphatic carbocycles. The number of ether oxygens (including phenoxy) is 2. The van der Waals surface area contributed by atoms with E-state index in [1.54, 1.807) is 0 Å². The van der Waals surface area contributed by atoms with Crippen molar-refractivity contribution >= 4 is 5.91 Å². The van der Waals surface area contributed by atoms with Gasteiger partial charge in [0.1, 0.15) is 6.61 Å². The van der Waals surface area contributed by atoms with E-state index in [4.69, 9.17) is 20.3 Å². The van der Waals surface area contributed by atoms with Crippen molar-refractivity contribution in [2.45, 2.75) is 6.42 Å². The molecule has 1 amide bonds. The molecular weight excluding hydrogens is 162 g/mol. The molecule has 3 N–H and O–H groups in total. The molecule has 0 saturated carbocycles. The molecule has 0 aromatic carbocycles. The third-order valence-electron chi connectivity index (χ3n) is 1.06. The molecule has 12 heavy (non-hydrogen) atoms. The molecule has 0 heterocycles. The summed E-state index contributed by atoms with van der Waals surface area (Å²) in [4.78, 5) is 10.2. The quantitative estimate of drug-likeness (QED) is 0.460. The Morgan fingerprint density at radius 1 is 1.25 bits per heavy atom. The first-order chi connectivity index (χ1) is 5.77. The maximum atomic E-state index is 10.2. The van der Waals surface area contributed by atoms with Crippen molar-refractivity contribution in [2.24, 2.45) is 5.73 Å². The Morgan fingerprint density at radius 2 is 1.92 bits per heavy atom. The van der Waals surface area contributed by atoms with Gasteiger partial charge in [-0.2, -0.15) is 0 Å². The molecule has 0 fully saturated rings. The van der Waals surface area contributed by atoms with E-state index in [1.807, 2.05) is 0 Å². The smallest absolute Gasteiger partial charge is 0.243 e. The lowest BCUT2D eigenvalue weighted by molar-refractivity contribution is -0.123. The van der Waals surface area contributed by atoms with Gasteiger partial charge in [-0.25, -0.2) is 0 Å². The van der Waals surface area contributed by atoms with Crippen LogP contribution in [-0.2, 0) is 14.3 Å².